The summed E-state index contributed by atoms with van der Waals surface area (Å²) in [5, 5.41) is 13.7. The first-order chi connectivity index (χ1) is 16.3. The van der Waals surface area contributed by atoms with Gasteiger partial charge in [-0.1, -0.05) is 25.6 Å². The number of nitrogens with zero attached hydrogens (tertiary/aromatic N) is 6. The van der Waals surface area contributed by atoms with Gasteiger partial charge in [-0.15, -0.1) is 0 Å². The van der Waals surface area contributed by atoms with Crippen molar-refractivity contribution in [2.24, 2.45) is 0 Å². The summed E-state index contributed by atoms with van der Waals surface area (Å²) < 4.78 is 2.25. The molecule has 0 saturated carbocycles. The minimum atomic E-state index is 0. The Hall–Kier alpha value is -3.47. The van der Waals surface area contributed by atoms with Crippen LogP contribution in [-0.4, -0.2) is 58.5 Å². The molecule has 4 aromatic rings. The molecule has 0 amide bonds. The molecule has 0 spiro atoms. The third kappa shape index (κ3) is 3.79. The lowest BCUT2D eigenvalue weighted by Gasteiger charge is -2.37. The number of nitriles is 1. The largest absolute Gasteiger partial charge is 0.355 e. The highest BCUT2D eigenvalue weighted by atomic mass is 15.3. The Labute approximate surface area is 200 Å². The van der Waals surface area contributed by atoms with Crippen LogP contribution in [0, 0.1) is 11.3 Å². The number of piperazine rings is 1. The van der Waals surface area contributed by atoms with Crippen LogP contribution in [0.25, 0.3) is 16.7 Å². The van der Waals surface area contributed by atoms with Crippen molar-refractivity contribution in [1.29, 1.82) is 5.26 Å². The van der Waals surface area contributed by atoms with Gasteiger partial charge in [-0.05, 0) is 36.2 Å². The zero-order chi connectivity index (χ0) is 22.2. The van der Waals surface area contributed by atoms with Crippen molar-refractivity contribution in [3.05, 3.63) is 71.0 Å². The zero-order valence-corrected chi connectivity index (χ0v) is 18.7. The van der Waals surface area contributed by atoms with Gasteiger partial charge in [0.05, 0.1) is 16.6 Å². The number of para-hydroxylation sites is 2. The van der Waals surface area contributed by atoms with Gasteiger partial charge in [0.1, 0.15) is 11.9 Å². The molecule has 3 aromatic heterocycles. The summed E-state index contributed by atoms with van der Waals surface area (Å²) in [6, 6.07) is 16.9. The molecule has 7 nitrogen and oxygen atoms in total. The van der Waals surface area contributed by atoms with Crippen LogP contribution in [0.2, 0.25) is 0 Å². The number of fused-ring (bicyclic) bond motifs is 4. The van der Waals surface area contributed by atoms with Crippen LogP contribution in [0.5, 0.6) is 0 Å². The van der Waals surface area contributed by atoms with E-state index in [2.05, 4.69) is 54.8 Å². The highest BCUT2D eigenvalue weighted by Crippen LogP contribution is 2.36. The molecule has 5 heterocycles. The Morgan fingerprint density at radius 3 is 2.62 bits per heavy atom. The van der Waals surface area contributed by atoms with E-state index >= 15 is 0 Å². The molecule has 0 aliphatic carbocycles. The Kier molecular flexibility index (Phi) is 6.18. The van der Waals surface area contributed by atoms with Gasteiger partial charge in [0.25, 0.3) is 0 Å². The van der Waals surface area contributed by atoms with Crippen LogP contribution < -0.4 is 10.2 Å². The summed E-state index contributed by atoms with van der Waals surface area (Å²) in [4.78, 5) is 14.4. The molecule has 6 rings (SSSR count). The van der Waals surface area contributed by atoms with E-state index < -0.39 is 0 Å². The number of pyridine rings is 2. The van der Waals surface area contributed by atoms with Crippen molar-refractivity contribution in [3.8, 4) is 6.07 Å². The van der Waals surface area contributed by atoms with Crippen LogP contribution in [-0.2, 0) is 19.4 Å². The molecule has 2 aliphatic heterocycles. The lowest BCUT2D eigenvalue weighted by molar-refractivity contribution is 0.256. The third-order valence-corrected chi connectivity index (χ3v) is 6.93. The second kappa shape index (κ2) is 9.41. The fourth-order valence-corrected chi connectivity index (χ4v) is 5.31. The van der Waals surface area contributed by atoms with Crippen LogP contribution >= 0.6 is 0 Å². The molecule has 1 N–H and O–H groups in total. The van der Waals surface area contributed by atoms with Gasteiger partial charge in [-0.3, -0.25) is 14.3 Å². The molecule has 1 fully saturated rings. The van der Waals surface area contributed by atoms with E-state index in [0.717, 1.165) is 86.6 Å². The summed E-state index contributed by atoms with van der Waals surface area (Å²) in [5.74, 6) is 1.22. The van der Waals surface area contributed by atoms with Crippen LogP contribution in [0.4, 0.5) is 5.82 Å². The Bertz CT molecular complexity index is 1350. The number of benzene rings is 1. The predicted octanol–water partition coefficient (Wildman–Crippen LogP) is 3.40. The normalized spacial score (nSPS) is 16.3. The van der Waals surface area contributed by atoms with Gasteiger partial charge < -0.3 is 10.2 Å². The molecule has 0 radical (unpaired) electrons. The maximum absolute atomic E-state index is 10.2. The molecule has 0 bridgehead atoms. The second-order valence-electron chi connectivity index (χ2n) is 8.86. The first-order valence-electron chi connectivity index (χ1n) is 11.8. The number of aromatic nitrogens is 3. The van der Waals surface area contributed by atoms with Crippen molar-refractivity contribution in [3.63, 3.8) is 0 Å². The number of anilines is 1. The number of hydrogen-bond donors (Lipinski definition) is 1. The number of nitrogens with one attached hydrogen (secondary N) is 1. The van der Waals surface area contributed by atoms with Gasteiger partial charge in [-0.25, -0.2) is 4.98 Å². The van der Waals surface area contributed by atoms with Gasteiger partial charge in [0, 0.05) is 69.7 Å². The van der Waals surface area contributed by atoms with Crippen molar-refractivity contribution >= 4 is 22.5 Å². The van der Waals surface area contributed by atoms with Crippen LogP contribution in [0.15, 0.2) is 48.7 Å². The van der Waals surface area contributed by atoms with Crippen molar-refractivity contribution in [1.82, 2.24) is 24.6 Å². The van der Waals surface area contributed by atoms with Gasteiger partial charge in [0.15, 0.2) is 5.65 Å². The number of imidazole rings is 1. The molecule has 1 aromatic carbocycles. The van der Waals surface area contributed by atoms with E-state index in [1.165, 1.54) is 16.9 Å². The van der Waals surface area contributed by atoms with E-state index in [0.29, 0.717) is 0 Å². The molecule has 174 valence electrons. The number of hydrogen-bond acceptors (Lipinski definition) is 6. The third-order valence-electron chi connectivity index (χ3n) is 6.93. The van der Waals surface area contributed by atoms with E-state index in [1.54, 1.807) is 0 Å². The fraction of sp³-hybridized carbons (Fsp3) is 0.370. The van der Waals surface area contributed by atoms with Crippen molar-refractivity contribution < 1.29 is 0 Å². The molecule has 7 heteroatoms. The van der Waals surface area contributed by atoms with E-state index in [4.69, 9.17) is 4.98 Å². The summed E-state index contributed by atoms with van der Waals surface area (Å²) >= 11 is 0. The summed E-state index contributed by atoms with van der Waals surface area (Å²) in [6.45, 7) is 6.59. The summed E-state index contributed by atoms with van der Waals surface area (Å²) in [7, 11) is 0. The first-order valence-corrected chi connectivity index (χ1v) is 11.8. The monoisotopic (exact) mass is 453 g/mol. The van der Waals surface area contributed by atoms with Gasteiger partial charge in [0.2, 0.25) is 0 Å². The maximum atomic E-state index is 10.2. The zero-order valence-electron chi connectivity index (χ0n) is 18.7. The highest BCUT2D eigenvalue weighted by Gasteiger charge is 2.30. The van der Waals surface area contributed by atoms with Gasteiger partial charge >= 0.3 is 0 Å². The molecular formula is C27H31N7. The minimum absolute atomic E-state index is 0. The van der Waals surface area contributed by atoms with E-state index in [1.807, 2.05) is 24.4 Å². The molecule has 1 saturated heterocycles. The average molecular weight is 454 g/mol. The molecule has 0 unspecified atom stereocenters. The van der Waals surface area contributed by atoms with E-state index in [-0.39, 0.29) is 7.43 Å². The Balaban J connectivity index is 0.00000241. The molecule has 2 aliphatic rings. The Morgan fingerprint density at radius 1 is 1.00 bits per heavy atom. The summed E-state index contributed by atoms with van der Waals surface area (Å²) in [6.07, 6.45) is 3.67. The molecule has 34 heavy (non-hydrogen) atoms. The predicted molar refractivity (Wildman–Crippen MR) is 136 cm³/mol. The molecular weight excluding hydrogens is 422 g/mol. The lowest BCUT2D eigenvalue weighted by Crippen LogP contribution is -2.45. The smallest absolute Gasteiger partial charge is 0.157 e. The fourth-order valence-electron chi connectivity index (χ4n) is 5.31. The van der Waals surface area contributed by atoms with Crippen LogP contribution in [0.3, 0.4) is 0 Å². The number of rotatable bonds is 4. The topological polar surface area (TPSA) is 72.5 Å². The lowest BCUT2D eigenvalue weighted by atomic mass is 9.95. The summed E-state index contributed by atoms with van der Waals surface area (Å²) in [5.41, 5.74) is 7.15. The molecule has 0 atom stereocenters. The minimum Gasteiger partial charge on any atom is -0.355 e. The van der Waals surface area contributed by atoms with E-state index in [9.17, 15) is 5.26 Å². The van der Waals surface area contributed by atoms with Crippen molar-refractivity contribution in [2.75, 3.05) is 44.2 Å². The average Bonchev–Trinajstić information content (AvgIpc) is 3.26. The van der Waals surface area contributed by atoms with Crippen molar-refractivity contribution in [2.45, 2.75) is 26.8 Å². The van der Waals surface area contributed by atoms with Gasteiger partial charge in [-0.2, -0.15) is 5.26 Å². The standard InChI is InChI=1S/C26H27N7.CH4/c27-17-21-20-9-14-31(13-8-19-5-3-4-10-29-19)18-22(20)26(32-15-11-28-12-16-32)33-24-7-2-1-6-23(24)30-25(21)33;/h1-7,10,28H,8-9,11-16,18H2;1H4. The second-order valence-corrected chi connectivity index (χ2v) is 8.86. The highest BCUT2D eigenvalue weighted by molar-refractivity contribution is 5.86. The quantitative estimate of drug-likeness (QED) is 0.511. The Morgan fingerprint density at radius 2 is 1.82 bits per heavy atom. The first kappa shape index (κ1) is 22.3. The van der Waals surface area contributed by atoms with Crippen LogP contribution in [0.1, 0.15) is 29.8 Å². The SMILES string of the molecule is C.N#Cc1c2c(c(N3CCNCC3)n3c1nc1ccccc13)CN(CCc1ccccn1)CC2. The maximum Gasteiger partial charge on any atom is 0.157 e.